The smallest absolute Gasteiger partial charge is 0.343 e. The van der Waals surface area contributed by atoms with Gasteiger partial charge in [-0.15, -0.1) is 0 Å². The lowest BCUT2D eigenvalue weighted by atomic mass is 10.0. The van der Waals surface area contributed by atoms with Gasteiger partial charge in [0.1, 0.15) is 34.5 Å². The van der Waals surface area contributed by atoms with Gasteiger partial charge in [0.2, 0.25) is 0 Å². The standard InChI is InChI=1S/C70H93BrO10/c1-3-5-7-9-11-13-15-17-19-21-23-25-27-29-31-33-53-76-60-43-47-62(48-44-60)78-67(72)56-35-37-58(38-36-56)69(74)80-64-51-52-65(71)66(55-64)81-70(75)59-41-39-57(40-42-59)68(73)79-63-49-45-61(46-50-63)77-54-34-32-30-28-26-24-22-20-18-16-14-12-10-8-6-4-2/h35-52,55H,3-34,53-54H2,1-2H3. The number of benzene rings is 5. The molecule has 0 atom stereocenters. The summed E-state index contributed by atoms with van der Waals surface area (Å²) in [6.45, 7) is 5.84. The number of ether oxygens (including phenoxy) is 6. The van der Waals surface area contributed by atoms with Gasteiger partial charge in [-0.25, -0.2) is 19.2 Å². The van der Waals surface area contributed by atoms with E-state index in [1.165, 1.54) is 234 Å². The van der Waals surface area contributed by atoms with Crippen LogP contribution in [0.15, 0.2) is 120 Å². The van der Waals surface area contributed by atoms with Crippen molar-refractivity contribution in [2.75, 3.05) is 13.2 Å². The van der Waals surface area contributed by atoms with E-state index >= 15 is 0 Å². The molecule has 0 N–H and O–H groups in total. The first kappa shape index (κ1) is 65.9. The van der Waals surface area contributed by atoms with E-state index in [1.54, 1.807) is 60.7 Å². The van der Waals surface area contributed by atoms with E-state index in [2.05, 4.69) is 29.8 Å². The molecule has 5 aromatic rings. The molecule has 5 rings (SSSR count). The highest BCUT2D eigenvalue weighted by atomic mass is 79.9. The Kier molecular flexibility index (Phi) is 33.4. The summed E-state index contributed by atoms with van der Waals surface area (Å²) in [6, 6.07) is 30.3. The molecule has 0 aliphatic heterocycles. The van der Waals surface area contributed by atoms with Gasteiger partial charge in [0, 0.05) is 6.07 Å². The number of halogens is 1. The first-order valence-electron chi connectivity index (χ1n) is 31.1. The van der Waals surface area contributed by atoms with E-state index in [1.807, 2.05) is 0 Å². The molecule has 0 saturated carbocycles. The Labute approximate surface area is 493 Å². The molecule has 10 nitrogen and oxygen atoms in total. The van der Waals surface area contributed by atoms with E-state index in [0.717, 1.165) is 37.2 Å². The molecule has 440 valence electrons. The fourth-order valence-corrected chi connectivity index (χ4v) is 9.98. The zero-order valence-corrected chi connectivity index (χ0v) is 50.6. The minimum Gasteiger partial charge on any atom is -0.494 e. The van der Waals surface area contributed by atoms with Crippen molar-refractivity contribution in [2.45, 2.75) is 219 Å². The Morgan fingerprint density at radius 3 is 0.815 bits per heavy atom. The number of rotatable bonds is 44. The maximum absolute atomic E-state index is 13.2. The van der Waals surface area contributed by atoms with Crippen molar-refractivity contribution in [3.63, 3.8) is 0 Å². The maximum atomic E-state index is 13.2. The van der Waals surface area contributed by atoms with Gasteiger partial charge in [0.05, 0.1) is 39.9 Å². The zero-order valence-electron chi connectivity index (χ0n) is 49.0. The first-order chi connectivity index (χ1) is 39.7. The van der Waals surface area contributed by atoms with Crippen LogP contribution in [0.25, 0.3) is 0 Å². The van der Waals surface area contributed by atoms with E-state index < -0.39 is 23.9 Å². The van der Waals surface area contributed by atoms with Crippen LogP contribution in [0.1, 0.15) is 261 Å². The molecule has 0 spiro atoms. The van der Waals surface area contributed by atoms with Gasteiger partial charge in [-0.1, -0.05) is 206 Å². The largest absolute Gasteiger partial charge is 0.494 e. The molecule has 0 heterocycles. The zero-order chi connectivity index (χ0) is 57.4. The lowest BCUT2D eigenvalue weighted by Gasteiger charge is -2.10. The second-order valence-electron chi connectivity index (χ2n) is 21.6. The van der Waals surface area contributed by atoms with Crippen LogP contribution in [0.4, 0.5) is 0 Å². The highest BCUT2D eigenvalue weighted by molar-refractivity contribution is 9.10. The van der Waals surface area contributed by atoms with Gasteiger partial charge in [0.15, 0.2) is 0 Å². The van der Waals surface area contributed by atoms with Crippen LogP contribution in [0.3, 0.4) is 0 Å². The van der Waals surface area contributed by atoms with Crippen molar-refractivity contribution in [3.05, 3.63) is 142 Å². The number of carbonyl (C=O) groups excluding carboxylic acids is 4. The quantitative estimate of drug-likeness (QED) is 0.0212. The summed E-state index contributed by atoms with van der Waals surface area (Å²) in [5.74, 6) is -0.102. The van der Waals surface area contributed by atoms with Gasteiger partial charge >= 0.3 is 23.9 Å². The number of hydrogen-bond donors (Lipinski definition) is 0. The van der Waals surface area contributed by atoms with Gasteiger partial charge in [-0.05, 0) is 138 Å². The van der Waals surface area contributed by atoms with Crippen molar-refractivity contribution in [2.24, 2.45) is 0 Å². The summed E-state index contributed by atoms with van der Waals surface area (Å²) >= 11 is 3.40. The average Bonchev–Trinajstić information content (AvgIpc) is 3.51. The van der Waals surface area contributed by atoms with Gasteiger partial charge in [-0.2, -0.15) is 0 Å². The minimum atomic E-state index is -0.693. The third kappa shape index (κ3) is 28.1. The fourth-order valence-electron chi connectivity index (χ4n) is 9.66. The van der Waals surface area contributed by atoms with Crippen molar-refractivity contribution in [1.29, 1.82) is 0 Å². The molecule has 11 heteroatoms. The Balaban J connectivity index is 0.917. The molecule has 0 radical (unpaired) electrons. The molecule has 0 saturated heterocycles. The predicted molar refractivity (Wildman–Crippen MR) is 330 cm³/mol. The van der Waals surface area contributed by atoms with E-state index in [0.29, 0.717) is 29.2 Å². The molecule has 0 bridgehead atoms. The lowest BCUT2D eigenvalue weighted by molar-refractivity contribution is 0.0713. The predicted octanol–water partition coefficient (Wildman–Crippen LogP) is 20.6. The average molecular weight is 1170 g/mol. The minimum absolute atomic E-state index is 0.110. The summed E-state index contributed by atoms with van der Waals surface area (Å²) in [6.07, 6.45) is 42.4. The Bertz CT molecular complexity index is 2510. The van der Waals surface area contributed by atoms with Crippen LogP contribution in [0, 0.1) is 0 Å². The number of unbranched alkanes of at least 4 members (excludes halogenated alkanes) is 30. The van der Waals surface area contributed by atoms with E-state index in [-0.39, 0.29) is 33.8 Å². The molecule has 0 unspecified atom stereocenters. The summed E-state index contributed by atoms with van der Waals surface area (Å²) in [7, 11) is 0. The van der Waals surface area contributed by atoms with Crippen LogP contribution in [-0.2, 0) is 0 Å². The monoisotopic (exact) mass is 1170 g/mol. The Hall–Kier alpha value is -5.94. The normalized spacial score (nSPS) is 11.0. The van der Waals surface area contributed by atoms with Crippen LogP contribution in [0.5, 0.6) is 34.5 Å². The molecular formula is C70H93BrO10. The SMILES string of the molecule is CCCCCCCCCCCCCCCCCCOc1ccc(OC(=O)c2ccc(C(=O)Oc3ccc(Br)c(OC(=O)c4ccc(C(=O)Oc5ccc(OCCCCCCCCCCCCCCCCCC)cc5)cc4)c3)cc2)cc1. The van der Waals surface area contributed by atoms with E-state index in [9.17, 15) is 19.2 Å². The van der Waals surface area contributed by atoms with Gasteiger partial charge in [-0.3, -0.25) is 0 Å². The van der Waals surface area contributed by atoms with Gasteiger partial charge in [0.25, 0.3) is 0 Å². The Morgan fingerprint density at radius 1 is 0.284 bits per heavy atom. The van der Waals surface area contributed by atoms with E-state index in [4.69, 9.17) is 28.4 Å². The molecule has 0 aliphatic carbocycles. The van der Waals surface area contributed by atoms with Crippen LogP contribution >= 0.6 is 15.9 Å². The van der Waals surface area contributed by atoms with Crippen LogP contribution in [-0.4, -0.2) is 37.1 Å². The molecular weight excluding hydrogens is 1080 g/mol. The molecule has 81 heavy (non-hydrogen) atoms. The topological polar surface area (TPSA) is 124 Å². The second-order valence-corrected chi connectivity index (χ2v) is 22.4. The summed E-state index contributed by atoms with van der Waals surface area (Å²) < 4.78 is 34.7. The third-order valence-electron chi connectivity index (χ3n) is 14.6. The van der Waals surface area contributed by atoms with Crippen molar-refractivity contribution in [1.82, 2.24) is 0 Å². The van der Waals surface area contributed by atoms with Gasteiger partial charge < -0.3 is 28.4 Å². The van der Waals surface area contributed by atoms with Crippen LogP contribution in [0.2, 0.25) is 0 Å². The van der Waals surface area contributed by atoms with Crippen molar-refractivity contribution in [3.8, 4) is 34.5 Å². The molecule has 0 aliphatic rings. The van der Waals surface area contributed by atoms with Crippen LogP contribution < -0.4 is 28.4 Å². The number of hydrogen-bond acceptors (Lipinski definition) is 10. The summed E-state index contributed by atoms with van der Waals surface area (Å²) in [5.41, 5.74) is 0.887. The molecule has 5 aromatic carbocycles. The number of carbonyl (C=O) groups is 4. The van der Waals surface area contributed by atoms with Crippen molar-refractivity contribution < 1.29 is 47.6 Å². The number of esters is 4. The molecule has 0 fully saturated rings. The summed E-state index contributed by atoms with van der Waals surface area (Å²) in [4.78, 5) is 52.2. The molecule has 0 amide bonds. The van der Waals surface area contributed by atoms with Crippen molar-refractivity contribution >= 4 is 39.8 Å². The Morgan fingerprint density at radius 2 is 0.519 bits per heavy atom. The second kappa shape index (κ2) is 41.1. The highest BCUT2D eigenvalue weighted by Gasteiger charge is 2.18. The molecule has 0 aromatic heterocycles. The highest BCUT2D eigenvalue weighted by Crippen LogP contribution is 2.31. The lowest BCUT2D eigenvalue weighted by Crippen LogP contribution is -2.12. The maximum Gasteiger partial charge on any atom is 0.343 e. The third-order valence-corrected chi connectivity index (χ3v) is 15.3. The fraction of sp³-hybridized carbons (Fsp3) is 0.514. The summed E-state index contributed by atoms with van der Waals surface area (Å²) in [5, 5.41) is 0. The first-order valence-corrected chi connectivity index (χ1v) is 31.9.